The predicted molar refractivity (Wildman–Crippen MR) is 45.9 cm³/mol. The molecular weight excluding hydrogens is 172 g/mol. The summed E-state index contributed by atoms with van der Waals surface area (Å²) in [6.45, 7) is 0. The Morgan fingerprint density at radius 3 is 1.92 bits per heavy atom. The molecule has 1 aliphatic carbocycles. The largest absolute Gasteiger partial charge is 0.381 e. The Labute approximate surface area is 74.9 Å². The molecule has 1 aliphatic rings. The lowest BCUT2D eigenvalue weighted by Gasteiger charge is -2.04. The van der Waals surface area contributed by atoms with E-state index in [1.54, 1.807) is 7.11 Å². The molecule has 0 aromatic carbocycles. The lowest BCUT2D eigenvalue weighted by Crippen LogP contribution is -2.12. The summed E-state index contributed by atoms with van der Waals surface area (Å²) in [6, 6.07) is -0.517. The molecule has 1 rings (SSSR count). The molecule has 0 aromatic heterocycles. The van der Waals surface area contributed by atoms with Gasteiger partial charge >= 0.3 is 0 Å². The van der Waals surface area contributed by atoms with Gasteiger partial charge in [0.15, 0.2) is 0 Å². The third-order valence-electron chi connectivity index (χ3n) is 2.19. The van der Waals surface area contributed by atoms with Crippen molar-refractivity contribution in [1.82, 2.24) is 0 Å². The van der Waals surface area contributed by atoms with Crippen LogP contribution in [0.3, 0.4) is 0 Å². The van der Waals surface area contributed by atoms with Crippen molar-refractivity contribution in [1.29, 1.82) is 0 Å². The number of hydrogen-bond donors (Lipinski definition) is 0. The molecule has 1 fully saturated rings. The number of azide groups is 2. The van der Waals surface area contributed by atoms with Gasteiger partial charge in [0.1, 0.15) is 0 Å². The molecule has 0 aliphatic heterocycles. The highest BCUT2D eigenvalue weighted by molar-refractivity contribution is 4.94. The molecule has 70 valence electrons. The van der Waals surface area contributed by atoms with Crippen molar-refractivity contribution in [2.75, 3.05) is 7.11 Å². The van der Waals surface area contributed by atoms with Crippen molar-refractivity contribution in [3.63, 3.8) is 0 Å². The van der Waals surface area contributed by atoms with Crippen LogP contribution in [0.1, 0.15) is 12.8 Å². The molecule has 2 atom stereocenters. The van der Waals surface area contributed by atoms with E-state index < -0.39 is 0 Å². The van der Waals surface area contributed by atoms with Crippen molar-refractivity contribution in [3.05, 3.63) is 20.9 Å². The molecule has 0 aromatic rings. The van der Waals surface area contributed by atoms with Gasteiger partial charge in [-0.05, 0) is 23.9 Å². The summed E-state index contributed by atoms with van der Waals surface area (Å²) >= 11 is 0. The number of methoxy groups -OCH3 is 1. The van der Waals surface area contributed by atoms with Gasteiger partial charge < -0.3 is 4.74 Å². The van der Waals surface area contributed by atoms with Crippen LogP contribution in [0, 0.1) is 0 Å². The molecule has 1 saturated carbocycles. The molecule has 0 N–H and O–H groups in total. The Morgan fingerprint density at radius 1 is 1.15 bits per heavy atom. The van der Waals surface area contributed by atoms with Crippen molar-refractivity contribution in [2.24, 2.45) is 10.2 Å². The topological polar surface area (TPSA) is 107 Å². The number of nitrogens with zero attached hydrogens (tertiary/aromatic N) is 6. The zero-order valence-electron chi connectivity index (χ0n) is 7.24. The van der Waals surface area contributed by atoms with Crippen molar-refractivity contribution in [2.45, 2.75) is 31.0 Å². The lowest BCUT2D eigenvalue weighted by atomic mass is 10.2. The Hall–Kier alpha value is -1.42. The molecule has 2 unspecified atom stereocenters. The van der Waals surface area contributed by atoms with Crippen LogP contribution in [0.2, 0.25) is 0 Å². The average molecular weight is 182 g/mol. The Kier molecular flexibility index (Phi) is 3.40. The van der Waals surface area contributed by atoms with Crippen LogP contribution in [-0.2, 0) is 4.74 Å². The summed E-state index contributed by atoms with van der Waals surface area (Å²) in [6.07, 6.45) is 1.29. The van der Waals surface area contributed by atoms with Crippen LogP contribution < -0.4 is 0 Å². The molecule has 7 heteroatoms. The van der Waals surface area contributed by atoms with Gasteiger partial charge in [0.25, 0.3) is 0 Å². The van der Waals surface area contributed by atoms with E-state index >= 15 is 0 Å². The maximum atomic E-state index is 8.25. The standard InChI is InChI=1S/C6H10N6O/c1-13-4-2-5(9-11-7)6(3-4)10-12-8/h4-6H,2-3H2,1H3. The fourth-order valence-electron chi connectivity index (χ4n) is 1.52. The van der Waals surface area contributed by atoms with Gasteiger partial charge in [-0.25, -0.2) is 0 Å². The zero-order valence-corrected chi connectivity index (χ0v) is 7.24. The smallest absolute Gasteiger partial charge is 0.0579 e. The molecule has 0 bridgehead atoms. The fraction of sp³-hybridized carbons (Fsp3) is 1.00. The summed E-state index contributed by atoms with van der Waals surface area (Å²) in [5.74, 6) is 0. The number of ether oxygens (including phenoxy) is 1. The highest BCUT2D eigenvalue weighted by atomic mass is 16.5. The molecule has 13 heavy (non-hydrogen) atoms. The SMILES string of the molecule is COC1CC(N=[N+]=[N-])C(N=[N+]=[N-])C1. The minimum absolute atomic E-state index is 0.0333. The van der Waals surface area contributed by atoms with Crippen LogP contribution in [0.25, 0.3) is 20.9 Å². The molecule has 0 heterocycles. The van der Waals surface area contributed by atoms with E-state index in [0.29, 0.717) is 12.8 Å². The molecule has 0 spiro atoms. The second kappa shape index (κ2) is 4.57. The van der Waals surface area contributed by atoms with Crippen LogP contribution in [0.15, 0.2) is 10.2 Å². The fourth-order valence-corrected chi connectivity index (χ4v) is 1.52. The van der Waals surface area contributed by atoms with E-state index in [1.807, 2.05) is 0 Å². The first-order valence-electron chi connectivity index (χ1n) is 3.93. The van der Waals surface area contributed by atoms with E-state index in [9.17, 15) is 0 Å². The summed E-state index contributed by atoms with van der Waals surface area (Å²) in [7, 11) is 1.59. The minimum Gasteiger partial charge on any atom is -0.381 e. The van der Waals surface area contributed by atoms with Gasteiger partial charge in [0, 0.05) is 29.0 Å². The Bertz CT molecular complexity index is 240. The Balaban J connectivity index is 2.69. The second-order valence-electron chi connectivity index (χ2n) is 2.87. The summed E-state index contributed by atoms with van der Waals surface area (Å²) in [4.78, 5) is 5.41. The van der Waals surface area contributed by atoms with Crippen molar-refractivity contribution >= 4 is 0 Å². The van der Waals surface area contributed by atoms with Crippen molar-refractivity contribution in [3.8, 4) is 0 Å². The van der Waals surface area contributed by atoms with Gasteiger partial charge in [-0.15, -0.1) is 0 Å². The molecule has 7 nitrogen and oxygen atoms in total. The third-order valence-corrected chi connectivity index (χ3v) is 2.19. The summed E-state index contributed by atoms with van der Waals surface area (Å²) in [5.41, 5.74) is 16.5. The Morgan fingerprint density at radius 2 is 1.62 bits per heavy atom. The molecule has 0 radical (unpaired) electrons. The van der Waals surface area contributed by atoms with Crippen molar-refractivity contribution < 1.29 is 4.74 Å². The maximum Gasteiger partial charge on any atom is 0.0579 e. The minimum atomic E-state index is -0.258. The van der Waals surface area contributed by atoms with Gasteiger partial charge in [0.05, 0.1) is 6.10 Å². The van der Waals surface area contributed by atoms with Gasteiger partial charge in [-0.3, -0.25) is 0 Å². The first-order valence-corrected chi connectivity index (χ1v) is 3.93. The second-order valence-corrected chi connectivity index (χ2v) is 2.87. The monoisotopic (exact) mass is 182 g/mol. The van der Waals surface area contributed by atoms with Gasteiger partial charge in [-0.2, -0.15) is 0 Å². The first kappa shape index (κ1) is 9.67. The highest BCUT2D eigenvalue weighted by Crippen LogP contribution is 2.27. The van der Waals surface area contributed by atoms with E-state index in [-0.39, 0.29) is 18.2 Å². The van der Waals surface area contributed by atoms with Crippen LogP contribution >= 0.6 is 0 Å². The van der Waals surface area contributed by atoms with Crippen LogP contribution in [0.4, 0.5) is 0 Å². The normalized spacial score (nSPS) is 31.9. The van der Waals surface area contributed by atoms with Gasteiger partial charge in [-0.1, -0.05) is 10.2 Å². The summed E-state index contributed by atoms with van der Waals surface area (Å²) in [5, 5.41) is 7.12. The zero-order chi connectivity index (χ0) is 9.68. The summed E-state index contributed by atoms with van der Waals surface area (Å²) < 4.78 is 5.10. The average Bonchev–Trinajstić information content (AvgIpc) is 2.50. The first-order chi connectivity index (χ1) is 6.31. The number of hydrogen-bond acceptors (Lipinski definition) is 3. The van der Waals surface area contributed by atoms with E-state index in [4.69, 9.17) is 15.8 Å². The van der Waals surface area contributed by atoms with Gasteiger partial charge in [0.2, 0.25) is 0 Å². The third kappa shape index (κ3) is 2.26. The quantitative estimate of drug-likeness (QED) is 0.372. The maximum absolute atomic E-state index is 8.25. The van der Waals surface area contributed by atoms with E-state index in [2.05, 4.69) is 20.1 Å². The predicted octanol–water partition coefficient (Wildman–Crippen LogP) is 2.15. The lowest BCUT2D eigenvalue weighted by molar-refractivity contribution is 0.107. The van der Waals surface area contributed by atoms with E-state index in [0.717, 1.165) is 0 Å². The van der Waals surface area contributed by atoms with Crippen LogP contribution in [-0.4, -0.2) is 25.3 Å². The number of rotatable bonds is 3. The molecule has 0 saturated heterocycles. The van der Waals surface area contributed by atoms with E-state index in [1.165, 1.54) is 0 Å². The highest BCUT2D eigenvalue weighted by Gasteiger charge is 2.32. The molecular formula is C6H10N6O. The molecule has 0 amide bonds. The van der Waals surface area contributed by atoms with Crippen LogP contribution in [0.5, 0.6) is 0 Å².